The van der Waals surface area contributed by atoms with E-state index in [1.807, 2.05) is 26.8 Å². The molecule has 0 radical (unpaired) electrons. The summed E-state index contributed by atoms with van der Waals surface area (Å²) in [6.45, 7) is 5.61. The van der Waals surface area contributed by atoms with Gasteiger partial charge in [0.25, 0.3) is 5.91 Å². The lowest BCUT2D eigenvalue weighted by molar-refractivity contribution is 0.0728. The molecule has 0 aliphatic rings. The number of amides is 1. The van der Waals surface area contributed by atoms with Crippen LogP contribution in [-0.4, -0.2) is 39.4 Å². The van der Waals surface area contributed by atoms with Crippen LogP contribution in [0.4, 0.5) is 0 Å². The Morgan fingerprint density at radius 3 is 2.72 bits per heavy atom. The van der Waals surface area contributed by atoms with Gasteiger partial charge in [-0.1, -0.05) is 11.2 Å². The Bertz CT molecular complexity index is 457. The van der Waals surface area contributed by atoms with Crippen molar-refractivity contribution in [3.8, 4) is 0 Å². The highest BCUT2D eigenvalue weighted by molar-refractivity contribution is 5.95. The van der Waals surface area contributed by atoms with Gasteiger partial charge in [-0.3, -0.25) is 4.79 Å². The molecule has 0 aliphatic heterocycles. The van der Waals surface area contributed by atoms with E-state index in [0.29, 0.717) is 5.69 Å². The average molecular weight is 250 g/mol. The first kappa shape index (κ1) is 14.0. The molecule has 0 fully saturated rings. The van der Waals surface area contributed by atoms with Crippen LogP contribution in [0.15, 0.2) is 23.4 Å². The lowest BCUT2D eigenvalue weighted by Gasteiger charge is -2.25. The fourth-order valence-corrected chi connectivity index (χ4v) is 1.50. The number of oxime groups is 1. The molecule has 0 atom stereocenters. The van der Waals surface area contributed by atoms with Crippen molar-refractivity contribution in [3.05, 3.63) is 29.6 Å². The number of pyridine rings is 1. The summed E-state index contributed by atoms with van der Waals surface area (Å²) < 4.78 is 0. The third-order valence-electron chi connectivity index (χ3n) is 2.45. The molecule has 0 bridgehead atoms. The largest absolute Gasteiger partial charge is 0.409 e. The zero-order valence-electron chi connectivity index (χ0n) is 10.8. The van der Waals surface area contributed by atoms with E-state index >= 15 is 0 Å². The molecule has 1 aromatic rings. The quantitative estimate of drug-likeness (QED) is 0.361. The van der Waals surface area contributed by atoms with Gasteiger partial charge in [0.2, 0.25) is 0 Å². The highest BCUT2D eigenvalue weighted by Gasteiger charge is 2.21. The molecule has 6 heteroatoms. The number of aryl methyl sites for hydroxylation is 1. The van der Waals surface area contributed by atoms with Gasteiger partial charge in [0, 0.05) is 11.7 Å². The molecular formula is C12H18N4O2. The summed E-state index contributed by atoms with van der Waals surface area (Å²) in [6, 6.07) is 5.18. The third kappa shape index (κ3) is 3.44. The van der Waals surface area contributed by atoms with Gasteiger partial charge in [-0.25, -0.2) is 4.98 Å². The minimum atomic E-state index is -0.236. The molecule has 0 saturated carbocycles. The molecule has 6 nitrogen and oxygen atoms in total. The fourth-order valence-electron chi connectivity index (χ4n) is 1.50. The maximum absolute atomic E-state index is 12.3. The molecule has 0 saturated heterocycles. The van der Waals surface area contributed by atoms with E-state index in [1.54, 1.807) is 12.1 Å². The number of carbonyl (C=O) groups excluding carboxylic acids is 1. The topological polar surface area (TPSA) is 91.8 Å². The first-order chi connectivity index (χ1) is 8.45. The van der Waals surface area contributed by atoms with Gasteiger partial charge in [0.05, 0.1) is 6.54 Å². The molecule has 0 unspecified atom stereocenters. The molecule has 98 valence electrons. The van der Waals surface area contributed by atoms with Crippen molar-refractivity contribution < 1.29 is 10.0 Å². The van der Waals surface area contributed by atoms with Gasteiger partial charge < -0.3 is 15.8 Å². The van der Waals surface area contributed by atoms with Crippen LogP contribution in [0.5, 0.6) is 0 Å². The van der Waals surface area contributed by atoms with E-state index in [2.05, 4.69) is 10.1 Å². The van der Waals surface area contributed by atoms with Crippen LogP contribution < -0.4 is 5.73 Å². The summed E-state index contributed by atoms with van der Waals surface area (Å²) in [5, 5.41) is 11.5. The van der Waals surface area contributed by atoms with Gasteiger partial charge in [0.15, 0.2) is 5.84 Å². The second-order valence-corrected chi connectivity index (χ2v) is 4.28. The normalized spacial score (nSPS) is 11.7. The number of carbonyl (C=O) groups is 1. The van der Waals surface area contributed by atoms with Crippen LogP contribution in [-0.2, 0) is 0 Å². The number of nitrogens with two attached hydrogens (primary N) is 1. The molecule has 18 heavy (non-hydrogen) atoms. The van der Waals surface area contributed by atoms with E-state index in [9.17, 15) is 4.79 Å². The van der Waals surface area contributed by atoms with Gasteiger partial charge in [-0.15, -0.1) is 0 Å². The smallest absolute Gasteiger partial charge is 0.273 e. The Kier molecular flexibility index (Phi) is 4.65. The van der Waals surface area contributed by atoms with Crippen LogP contribution in [0.25, 0.3) is 0 Å². The number of rotatable bonds is 4. The standard InChI is InChI=1S/C12H18N4O2/c1-8(2)16(7-11(13)15-18)12(17)10-6-4-5-9(3)14-10/h4-6,8,18H,7H2,1-3H3,(H2,13,15). The second kappa shape index (κ2) is 6.00. The Morgan fingerprint density at radius 1 is 1.56 bits per heavy atom. The van der Waals surface area contributed by atoms with Crippen LogP contribution >= 0.6 is 0 Å². The number of aromatic nitrogens is 1. The first-order valence-corrected chi connectivity index (χ1v) is 5.66. The number of nitrogens with zero attached hydrogens (tertiary/aromatic N) is 3. The maximum Gasteiger partial charge on any atom is 0.273 e. The van der Waals surface area contributed by atoms with E-state index < -0.39 is 0 Å². The first-order valence-electron chi connectivity index (χ1n) is 5.66. The summed E-state index contributed by atoms with van der Waals surface area (Å²) in [5.41, 5.74) is 6.57. The Balaban J connectivity index is 2.96. The van der Waals surface area contributed by atoms with Crippen LogP contribution in [0.3, 0.4) is 0 Å². The molecule has 1 aromatic heterocycles. The minimum Gasteiger partial charge on any atom is -0.409 e. The number of hydrogen-bond acceptors (Lipinski definition) is 4. The molecule has 1 amide bonds. The SMILES string of the molecule is Cc1cccc(C(=O)N(CC(N)=NO)C(C)C)n1. The summed E-state index contributed by atoms with van der Waals surface area (Å²) in [4.78, 5) is 17.9. The van der Waals surface area contributed by atoms with Crippen molar-refractivity contribution in [2.24, 2.45) is 10.9 Å². The zero-order valence-corrected chi connectivity index (χ0v) is 10.8. The van der Waals surface area contributed by atoms with Crippen LogP contribution in [0.1, 0.15) is 30.0 Å². The number of amidine groups is 1. The highest BCUT2D eigenvalue weighted by atomic mass is 16.4. The highest BCUT2D eigenvalue weighted by Crippen LogP contribution is 2.07. The van der Waals surface area contributed by atoms with Crippen LogP contribution in [0, 0.1) is 6.92 Å². The fraction of sp³-hybridized carbons (Fsp3) is 0.417. The van der Waals surface area contributed by atoms with E-state index in [-0.39, 0.29) is 24.3 Å². The Hall–Kier alpha value is -2.11. The lowest BCUT2D eigenvalue weighted by Crippen LogP contribution is -2.43. The van der Waals surface area contributed by atoms with Crippen molar-refractivity contribution in [1.82, 2.24) is 9.88 Å². The van der Waals surface area contributed by atoms with E-state index in [1.165, 1.54) is 4.90 Å². The third-order valence-corrected chi connectivity index (χ3v) is 2.45. The van der Waals surface area contributed by atoms with Crippen molar-refractivity contribution >= 4 is 11.7 Å². The number of hydrogen-bond donors (Lipinski definition) is 2. The Labute approximate surface area is 106 Å². The van der Waals surface area contributed by atoms with Gasteiger partial charge >= 0.3 is 0 Å². The molecule has 0 spiro atoms. The predicted molar refractivity (Wildman–Crippen MR) is 68.6 cm³/mol. The molecule has 1 heterocycles. The monoisotopic (exact) mass is 250 g/mol. The molecular weight excluding hydrogens is 232 g/mol. The van der Waals surface area contributed by atoms with Gasteiger partial charge in [-0.2, -0.15) is 0 Å². The average Bonchev–Trinajstić information content (AvgIpc) is 2.34. The summed E-state index contributed by atoms with van der Waals surface area (Å²) in [7, 11) is 0. The zero-order chi connectivity index (χ0) is 13.7. The Morgan fingerprint density at radius 2 is 2.22 bits per heavy atom. The van der Waals surface area contributed by atoms with Gasteiger partial charge in [-0.05, 0) is 32.9 Å². The van der Waals surface area contributed by atoms with Crippen LogP contribution in [0.2, 0.25) is 0 Å². The maximum atomic E-state index is 12.3. The van der Waals surface area contributed by atoms with Crippen molar-refractivity contribution in [2.45, 2.75) is 26.8 Å². The van der Waals surface area contributed by atoms with E-state index in [0.717, 1.165) is 5.69 Å². The van der Waals surface area contributed by atoms with Gasteiger partial charge in [0.1, 0.15) is 5.69 Å². The summed E-state index contributed by atoms with van der Waals surface area (Å²) >= 11 is 0. The molecule has 1 rings (SSSR count). The lowest BCUT2D eigenvalue weighted by atomic mass is 10.2. The second-order valence-electron chi connectivity index (χ2n) is 4.28. The molecule has 3 N–H and O–H groups in total. The summed E-state index contributed by atoms with van der Waals surface area (Å²) in [5.74, 6) is -0.245. The molecule has 0 aromatic carbocycles. The summed E-state index contributed by atoms with van der Waals surface area (Å²) in [6.07, 6.45) is 0. The molecule has 0 aliphatic carbocycles. The minimum absolute atomic E-state index is 0.00953. The van der Waals surface area contributed by atoms with E-state index in [4.69, 9.17) is 10.9 Å². The van der Waals surface area contributed by atoms with Crippen molar-refractivity contribution in [3.63, 3.8) is 0 Å². The predicted octanol–water partition coefficient (Wildman–Crippen LogP) is 0.987. The van der Waals surface area contributed by atoms with Crippen molar-refractivity contribution in [2.75, 3.05) is 6.54 Å². The van der Waals surface area contributed by atoms with Crippen molar-refractivity contribution in [1.29, 1.82) is 0 Å².